The summed E-state index contributed by atoms with van der Waals surface area (Å²) in [5.41, 5.74) is 5.07. The number of carbonyl (C=O) groups is 4. The van der Waals surface area contributed by atoms with Crippen molar-refractivity contribution in [3.05, 3.63) is 142 Å². The smallest absolute Gasteiger partial charge is 0.262 e. The molecule has 0 saturated heterocycles. The van der Waals surface area contributed by atoms with E-state index in [1.807, 2.05) is 101 Å². The maximum absolute atomic E-state index is 14.4. The zero-order valence-corrected chi connectivity index (χ0v) is 30.5. The van der Waals surface area contributed by atoms with Crippen molar-refractivity contribution in [3.8, 4) is 11.1 Å². The Balaban J connectivity index is 1.45. The Kier molecular flexibility index (Phi) is 8.48. The van der Waals surface area contributed by atoms with Gasteiger partial charge in [0.05, 0.1) is 33.2 Å². The average Bonchev–Trinajstić information content (AvgIpc) is 3.71. The largest absolute Gasteiger partial charge is 0.269 e. The van der Waals surface area contributed by atoms with E-state index in [4.69, 9.17) is 0 Å². The summed E-state index contributed by atoms with van der Waals surface area (Å²) in [4.78, 5) is 59.5. The van der Waals surface area contributed by atoms with Gasteiger partial charge in [0.1, 0.15) is 0 Å². The Bertz CT molecular complexity index is 2100. The summed E-state index contributed by atoms with van der Waals surface area (Å²) < 4.78 is 0. The molecule has 2 aliphatic heterocycles. The number of fused-ring (bicyclic) bond motifs is 5. The maximum Gasteiger partial charge on any atom is 0.262 e. The fourth-order valence-electron chi connectivity index (χ4n) is 8.65. The van der Waals surface area contributed by atoms with Crippen LogP contribution in [0, 0.1) is 0 Å². The van der Waals surface area contributed by atoms with Crippen molar-refractivity contribution in [2.75, 3.05) is 0 Å². The molecule has 0 N–H and O–H groups in total. The third kappa shape index (κ3) is 4.82. The van der Waals surface area contributed by atoms with Crippen LogP contribution in [0.4, 0.5) is 0 Å². The van der Waals surface area contributed by atoms with E-state index in [9.17, 15) is 19.2 Å². The molecule has 6 nitrogen and oxygen atoms in total. The van der Waals surface area contributed by atoms with Crippen LogP contribution < -0.4 is 0 Å². The second kappa shape index (κ2) is 12.6. The molecule has 0 radical (unpaired) electrons. The van der Waals surface area contributed by atoms with Gasteiger partial charge in [-0.2, -0.15) is 0 Å². The van der Waals surface area contributed by atoms with E-state index in [0.29, 0.717) is 35.1 Å². The van der Waals surface area contributed by atoms with Gasteiger partial charge in [0.2, 0.25) is 0 Å². The molecule has 2 atom stereocenters. The predicted octanol–water partition coefficient (Wildman–Crippen LogP) is 9.74. The van der Waals surface area contributed by atoms with Gasteiger partial charge in [0.15, 0.2) is 0 Å². The quantitative estimate of drug-likeness (QED) is 0.103. The first kappa shape index (κ1) is 34.4. The van der Waals surface area contributed by atoms with Crippen molar-refractivity contribution in [1.29, 1.82) is 0 Å². The topological polar surface area (TPSA) is 74.8 Å². The molecule has 51 heavy (non-hydrogen) atoms. The first-order valence-corrected chi connectivity index (χ1v) is 18.5. The van der Waals surface area contributed by atoms with Crippen molar-refractivity contribution < 1.29 is 19.2 Å². The van der Waals surface area contributed by atoms with Crippen LogP contribution in [-0.2, 0) is 5.41 Å². The number of nitrogens with zero attached hydrogens (tertiary/aromatic N) is 2. The molecule has 4 aromatic rings. The molecule has 0 aromatic heterocycles. The van der Waals surface area contributed by atoms with Gasteiger partial charge < -0.3 is 0 Å². The van der Waals surface area contributed by atoms with E-state index < -0.39 is 16.5 Å². The molecule has 3 aliphatic rings. The third-order valence-corrected chi connectivity index (χ3v) is 11.9. The van der Waals surface area contributed by atoms with Crippen molar-refractivity contribution in [2.45, 2.75) is 96.6 Å². The second-order valence-corrected chi connectivity index (χ2v) is 14.7. The molecule has 0 bridgehead atoms. The van der Waals surface area contributed by atoms with E-state index in [-0.39, 0.29) is 23.6 Å². The maximum atomic E-state index is 14.4. The summed E-state index contributed by atoms with van der Waals surface area (Å²) in [5, 5.41) is 0. The van der Waals surface area contributed by atoms with E-state index in [1.165, 1.54) is 9.80 Å². The number of rotatable bonds is 11. The summed E-state index contributed by atoms with van der Waals surface area (Å²) in [7, 11) is 0. The highest BCUT2D eigenvalue weighted by atomic mass is 16.2. The van der Waals surface area contributed by atoms with Gasteiger partial charge in [-0.3, -0.25) is 29.0 Å². The molecule has 4 aromatic carbocycles. The van der Waals surface area contributed by atoms with Gasteiger partial charge in [-0.15, -0.1) is 0 Å². The summed E-state index contributed by atoms with van der Waals surface area (Å²) in [6, 6.07) is 27.8. The fourth-order valence-corrected chi connectivity index (χ4v) is 8.65. The van der Waals surface area contributed by atoms with Gasteiger partial charge in [-0.05, 0) is 97.2 Å². The summed E-state index contributed by atoms with van der Waals surface area (Å²) in [6.45, 7) is 12.1. The molecular formula is C45H46N2O4. The third-order valence-electron chi connectivity index (χ3n) is 11.9. The highest BCUT2D eigenvalue weighted by Crippen LogP contribution is 2.57. The number of allylic oxidation sites excluding steroid dienone is 1. The van der Waals surface area contributed by atoms with Crippen molar-refractivity contribution >= 4 is 23.6 Å². The lowest BCUT2D eigenvalue weighted by Crippen LogP contribution is -2.49. The van der Waals surface area contributed by atoms with E-state index >= 15 is 0 Å². The van der Waals surface area contributed by atoms with Crippen LogP contribution in [0.5, 0.6) is 0 Å². The number of benzene rings is 4. The number of amides is 4. The molecule has 0 spiro atoms. The minimum absolute atomic E-state index is 0.249. The number of unbranched alkanes of at least 4 members (excludes halogenated alkanes) is 1. The Morgan fingerprint density at radius 1 is 0.588 bits per heavy atom. The second-order valence-electron chi connectivity index (χ2n) is 14.7. The molecule has 2 unspecified atom stereocenters. The minimum atomic E-state index is -0.933. The zero-order chi connectivity index (χ0) is 36.3. The Labute approximate surface area is 301 Å². The summed E-state index contributed by atoms with van der Waals surface area (Å²) in [6.07, 6.45) is 8.67. The molecule has 0 saturated carbocycles. The first-order valence-electron chi connectivity index (χ1n) is 18.5. The number of imide groups is 2. The van der Waals surface area contributed by atoms with E-state index in [0.717, 1.165) is 59.1 Å². The zero-order valence-electron chi connectivity index (χ0n) is 30.5. The van der Waals surface area contributed by atoms with Crippen LogP contribution in [0.2, 0.25) is 0 Å². The molecule has 6 heteroatoms. The molecule has 2 heterocycles. The van der Waals surface area contributed by atoms with Gasteiger partial charge >= 0.3 is 0 Å². The number of carbonyl (C=O) groups excluding carboxylic acids is 4. The van der Waals surface area contributed by atoms with Crippen molar-refractivity contribution in [1.82, 2.24) is 9.80 Å². The average molecular weight is 679 g/mol. The SMILES string of the molecule is CC/C=C\C(C)(CC)N1C(=O)c2ccc(C3(c4ccc5c(c4)C(=O)N(C(C)(CC)CCCC)C5=O)c4ccccc4-c4ccccc43)cc2C1=O. The van der Waals surface area contributed by atoms with Gasteiger partial charge in [0, 0.05) is 5.54 Å². The molecule has 1 aliphatic carbocycles. The Morgan fingerprint density at radius 3 is 1.57 bits per heavy atom. The lowest BCUT2D eigenvalue weighted by atomic mass is 9.67. The molecule has 260 valence electrons. The lowest BCUT2D eigenvalue weighted by Gasteiger charge is -2.36. The predicted molar refractivity (Wildman–Crippen MR) is 201 cm³/mol. The molecule has 0 fully saturated rings. The molecule has 4 amide bonds. The lowest BCUT2D eigenvalue weighted by molar-refractivity contribution is 0.0418. The fraction of sp³-hybridized carbons (Fsp3) is 0.333. The van der Waals surface area contributed by atoms with Crippen LogP contribution in [0.1, 0.15) is 144 Å². The van der Waals surface area contributed by atoms with Crippen LogP contribution in [0.15, 0.2) is 97.1 Å². The van der Waals surface area contributed by atoms with E-state index in [1.54, 1.807) is 6.07 Å². The van der Waals surface area contributed by atoms with Crippen LogP contribution in [0.25, 0.3) is 11.1 Å². The van der Waals surface area contributed by atoms with Gasteiger partial charge in [0.25, 0.3) is 23.6 Å². The first-order chi connectivity index (χ1) is 24.5. The number of hydrogen-bond acceptors (Lipinski definition) is 4. The highest BCUT2D eigenvalue weighted by Gasteiger charge is 2.51. The summed E-state index contributed by atoms with van der Waals surface area (Å²) in [5.74, 6) is -1.12. The highest BCUT2D eigenvalue weighted by molar-refractivity contribution is 6.23. The van der Waals surface area contributed by atoms with Gasteiger partial charge in [-0.25, -0.2) is 0 Å². The van der Waals surface area contributed by atoms with Crippen LogP contribution >= 0.6 is 0 Å². The number of hydrogen-bond donors (Lipinski definition) is 0. The van der Waals surface area contributed by atoms with Gasteiger partial charge in [-0.1, -0.05) is 113 Å². The van der Waals surface area contributed by atoms with Crippen molar-refractivity contribution in [3.63, 3.8) is 0 Å². The monoisotopic (exact) mass is 678 g/mol. The minimum Gasteiger partial charge on any atom is -0.269 e. The van der Waals surface area contributed by atoms with Crippen molar-refractivity contribution in [2.24, 2.45) is 0 Å². The van der Waals surface area contributed by atoms with Crippen LogP contribution in [0.3, 0.4) is 0 Å². The Morgan fingerprint density at radius 2 is 1.08 bits per heavy atom. The molecular weight excluding hydrogens is 633 g/mol. The standard InChI is InChI=1S/C45H46N2O4/c1-7-11-25-43(5,9-3)46-39(48)33-23-21-29(27-35(33)41(46)50)45(37-19-15-13-17-31(37)32-18-14-16-20-38(32)45)30-22-24-34-36(28-30)42(51)47(40(34)49)44(6,10-4)26-12-8-2/h11,13-25,27-28H,7-10,12,26H2,1-6H3/b25-11-. The van der Waals surface area contributed by atoms with E-state index in [2.05, 4.69) is 31.2 Å². The molecule has 7 rings (SSSR count). The Hall–Kier alpha value is -5.10. The summed E-state index contributed by atoms with van der Waals surface area (Å²) >= 11 is 0. The normalized spacial score (nSPS) is 18.2. The van der Waals surface area contributed by atoms with Crippen LogP contribution in [-0.4, -0.2) is 44.5 Å².